The van der Waals surface area contributed by atoms with E-state index in [9.17, 15) is 13.2 Å². The summed E-state index contributed by atoms with van der Waals surface area (Å²) in [6.45, 7) is 6.96. The number of hydrogen-bond acceptors (Lipinski definition) is 4. The molecule has 2 aliphatic rings. The highest BCUT2D eigenvalue weighted by Gasteiger charge is 2.35. The Hall–Kier alpha value is -3.12. The van der Waals surface area contributed by atoms with E-state index in [-0.39, 0.29) is 0 Å². The average molecular weight is 400 g/mol. The topological polar surface area (TPSA) is 46.4 Å². The molecule has 2 aliphatic heterocycles. The molecule has 0 unspecified atom stereocenters. The summed E-state index contributed by atoms with van der Waals surface area (Å²) in [6.07, 6.45) is 0.0487. The van der Waals surface area contributed by atoms with Crippen molar-refractivity contribution in [3.63, 3.8) is 0 Å². The summed E-state index contributed by atoms with van der Waals surface area (Å²) in [5, 5.41) is 0. The SMILES string of the molecule is CC1=C(C)C(N2CCN(c3ccc(C(F)(F)F)cn3)CC2)=[N+]=C1c1ccncc1. The second-order valence-electron chi connectivity index (χ2n) is 7.15. The van der Waals surface area contributed by atoms with E-state index in [0.717, 1.165) is 53.6 Å². The highest BCUT2D eigenvalue weighted by molar-refractivity contribution is 6.22. The van der Waals surface area contributed by atoms with Gasteiger partial charge in [-0.05, 0) is 38.1 Å². The fourth-order valence-corrected chi connectivity index (χ4v) is 3.61. The van der Waals surface area contributed by atoms with Crippen LogP contribution in [0, 0.1) is 0 Å². The van der Waals surface area contributed by atoms with Gasteiger partial charge < -0.3 is 4.90 Å². The van der Waals surface area contributed by atoms with Crippen LogP contribution in [0.3, 0.4) is 0 Å². The molecule has 0 saturated carbocycles. The zero-order valence-electron chi connectivity index (χ0n) is 16.2. The van der Waals surface area contributed by atoms with Crippen molar-refractivity contribution >= 4 is 17.4 Å². The lowest BCUT2D eigenvalue weighted by molar-refractivity contribution is -0.137. The van der Waals surface area contributed by atoms with Crippen molar-refractivity contribution in [1.29, 1.82) is 0 Å². The van der Waals surface area contributed by atoms with Crippen LogP contribution < -0.4 is 9.57 Å². The maximum absolute atomic E-state index is 12.7. The molecule has 29 heavy (non-hydrogen) atoms. The zero-order valence-corrected chi connectivity index (χ0v) is 16.2. The molecule has 8 heteroatoms. The van der Waals surface area contributed by atoms with Gasteiger partial charge in [0.25, 0.3) is 0 Å². The first-order valence-electron chi connectivity index (χ1n) is 9.42. The summed E-state index contributed by atoms with van der Waals surface area (Å²) in [6, 6.07) is 6.43. The van der Waals surface area contributed by atoms with Crippen molar-refractivity contribution in [3.8, 4) is 0 Å². The van der Waals surface area contributed by atoms with E-state index in [1.54, 1.807) is 12.4 Å². The first-order valence-corrected chi connectivity index (χ1v) is 9.42. The fraction of sp³-hybridized carbons (Fsp3) is 0.333. The minimum Gasteiger partial charge on any atom is -0.349 e. The number of alkyl halides is 3. The number of piperazine rings is 1. The molecule has 0 radical (unpaired) electrons. The van der Waals surface area contributed by atoms with Gasteiger partial charge in [-0.2, -0.15) is 13.2 Å². The van der Waals surface area contributed by atoms with E-state index in [0.29, 0.717) is 18.9 Å². The van der Waals surface area contributed by atoms with Gasteiger partial charge in [-0.1, -0.05) is 0 Å². The van der Waals surface area contributed by atoms with Crippen molar-refractivity contribution in [2.45, 2.75) is 20.0 Å². The Labute approximate surface area is 166 Å². The largest absolute Gasteiger partial charge is 0.417 e. The summed E-state index contributed by atoms with van der Waals surface area (Å²) >= 11 is 0. The normalized spacial score (nSPS) is 17.6. The summed E-state index contributed by atoms with van der Waals surface area (Å²) < 4.78 is 43.1. The number of halogens is 3. The Balaban J connectivity index is 1.49. The van der Waals surface area contributed by atoms with Gasteiger partial charge in [0.2, 0.25) is 5.71 Å². The lowest BCUT2D eigenvalue weighted by Gasteiger charge is -2.31. The quantitative estimate of drug-likeness (QED) is 0.728. The highest BCUT2D eigenvalue weighted by atomic mass is 19.4. The van der Waals surface area contributed by atoms with Crippen LogP contribution in [-0.4, -0.2) is 52.6 Å². The lowest BCUT2D eigenvalue weighted by atomic mass is 10.0. The minimum absolute atomic E-state index is 0.568. The summed E-state index contributed by atoms with van der Waals surface area (Å²) in [5.41, 5.74) is 3.58. The molecule has 0 bridgehead atoms. The fourth-order valence-electron chi connectivity index (χ4n) is 3.61. The smallest absolute Gasteiger partial charge is 0.349 e. The third kappa shape index (κ3) is 3.76. The molecule has 0 atom stereocenters. The average Bonchev–Trinajstić information content (AvgIpc) is 3.03. The molecule has 2 aromatic rings. The molecule has 4 rings (SSSR count). The van der Waals surface area contributed by atoms with Crippen LogP contribution in [-0.2, 0) is 6.18 Å². The van der Waals surface area contributed by atoms with Crippen molar-refractivity contribution < 1.29 is 13.2 Å². The first-order chi connectivity index (χ1) is 13.8. The molecule has 4 heterocycles. The van der Waals surface area contributed by atoms with E-state index in [1.807, 2.05) is 17.0 Å². The van der Waals surface area contributed by atoms with Crippen molar-refractivity contribution in [1.82, 2.24) is 19.5 Å². The number of allylic oxidation sites excluding steroid dienone is 1. The van der Waals surface area contributed by atoms with Crippen molar-refractivity contribution in [2.24, 2.45) is 0 Å². The van der Waals surface area contributed by atoms with Crippen LogP contribution in [0.5, 0.6) is 0 Å². The molecule has 150 valence electrons. The molecule has 0 amide bonds. The van der Waals surface area contributed by atoms with Crippen molar-refractivity contribution in [3.05, 3.63) is 65.1 Å². The Kier molecular flexibility index (Phi) is 4.88. The van der Waals surface area contributed by atoms with Gasteiger partial charge in [0.05, 0.1) is 24.2 Å². The van der Waals surface area contributed by atoms with Crippen LogP contribution in [0.1, 0.15) is 25.0 Å². The highest BCUT2D eigenvalue weighted by Crippen LogP contribution is 2.29. The number of pyridine rings is 2. The van der Waals surface area contributed by atoms with Crippen molar-refractivity contribution in [2.75, 3.05) is 31.1 Å². The molecule has 1 fully saturated rings. The Morgan fingerprint density at radius 3 is 2.14 bits per heavy atom. The van der Waals surface area contributed by atoms with Gasteiger partial charge in [0, 0.05) is 29.7 Å². The van der Waals surface area contributed by atoms with E-state index < -0.39 is 11.7 Å². The number of hydrogen-bond donors (Lipinski definition) is 0. The van der Waals surface area contributed by atoms with Gasteiger partial charge in [0.15, 0.2) is 0 Å². The van der Waals surface area contributed by atoms with Gasteiger partial charge in [0.1, 0.15) is 18.9 Å². The maximum atomic E-state index is 12.7. The summed E-state index contributed by atoms with van der Waals surface area (Å²) in [4.78, 5) is 12.3. The predicted octanol–water partition coefficient (Wildman–Crippen LogP) is 2.92. The molecular weight excluding hydrogens is 379 g/mol. The van der Waals surface area contributed by atoms with Crippen LogP contribution in [0.25, 0.3) is 0 Å². The molecule has 0 N–H and O–H groups in total. The summed E-state index contributed by atoms with van der Waals surface area (Å²) in [5.74, 6) is 1.54. The molecule has 5 nitrogen and oxygen atoms in total. The van der Waals surface area contributed by atoms with Gasteiger partial charge >= 0.3 is 12.0 Å². The molecular formula is C21H21F3N5+. The van der Waals surface area contributed by atoms with E-state index >= 15 is 0 Å². The Bertz CT molecular complexity index is 995. The first kappa shape index (κ1) is 19.2. The number of rotatable bonds is 2. The maximum Gasteiger partial charge on any atom is 0.417 e. The third-order valence-electron chi connectivity index (χ3n) is 5.40. The second kappa shape index (κ2) is 7.37. The van der Waals surface area contributed by atoms with Crippen LogP contribution >= 0.6 is 0 Å². The number of anilines is 1. The number of aromatic nitrogens is 2. The van der Waals surface area contributed by atoms with E-state index in [1.165, 1.54) is 6.07 Å². The monoisotopic (exact) mass is 400 g/mol. The predicted molar refractivity (Wildman–Crippen MR) is 107 cm³/mol. The zero-order chi connectivity index (χ0) is 20.6. The molecule has 0 spiro atoms. The lowest BCUT2D eigenvalue weighted by Crippen LogP contribution is -2.49. The Morgan fingerprint density at radius 1 is 0.897 bits per heavy atom. The van der Waals surface area contributed by atoms with E-state index in [4.69, 9.17) is 4.67 Å². The van der Waals surface area contributed by atoms with Gasteiger partial charge in [-0.15, -0.1) is 0 Å². The number of amidine groups is 1. The molecule has 2 aromatic heterocycles. The summed E-state index contributed by atoms with van der Waals surface area (Å²) in [7, 11) is 0. The van der Waals surface area contributed by atoms with Crippen LogP contribution in [0.2, 0.25) is 0 Å². The van der Waals surface area contributed by atoms with E-state index in [2.05, 4.69) is 28.7 Å². The van der Waals surface area contributed by atoms with Crippen LogP contribution in [0.15, 0.2) is 54.0 Å². The third-order valence-corrected chi connectivity index (χ3v) is 5.40. The Morgan fingerprint density at radius 2 is 1.55 bits per heavy atom. The standard InChI is InChI=1S/C21H21F3N5/c1-14-15(2)20(27-19(14)16-5-7-25-8-6-16)29-11-9-28(10-12-29)18-4-3-17(13-26-18)21(22,23)24/h3-8,13H,9-12H2,1-2H3/q+1. The second-order valence-corrected chi connectivity index (χ2v) is 7.15. The molecule has 0 aromatic carbocycles. The minimum atomic E-state index is -4.37. The number of nitrogens with zero attached hydrogens (tertiary/aromatic N) is 5. The van der Waals surface area contributed by atoms with Crippen LogP contribution in [0.4, 0.5) is 19.0 Å². The molecule has 1 saturated heterocycles. The molecule has 0 aliphatic carbocycles. The van der Waals surface area contributed by atoms with Gasteiger partial charge in [-0.3, -0.25) is 4.98 Å². The van der Waals surface area contributed by atoms with Gasteiger partial charge in [-0.25, -0.2) is 14.6 Å².